The van der Waals surface area contributed by atoms with Gasteiger partial charge in [-0.05, 0) is 24.1 Å². The lowest BCUT2D eigenvalue weighted by Crippen LogP contribution is -2.24. The van der Waals surface area contributed by atoms with Crippen molar-refractivity contribution < 1.29 is 23.1 Å². The average Bonchev–Trinajstić information content (AvgIpc) is 3.10. The number of nitrogens with zero attached hydrogens (tertiary/aromatic N) is 2. The van der Waals surface area contributed by atoms with Gasteiger partial charge in [0.15, 0.2) is 16.0 Å². The number of alkyl halides is 1. The Labute approximate surface area is 169 Å². The van der Waals surface area contributed by atoms with Gasteiger partial charge in [-0.2, -0.15) is 4.39 Å². The molecule has 0 saturated heterocycles. The number of amides is 1. The fraction of sp³-hybridized carbons (Fsp3) is 0.353. The summed E-state index contributed by atoms with van der Waals surface area (Å²) in [7, 11) is 1.58. The molecule has 0 radical (unpaired) electrons. The molecule has 1 heterocycles. The third kappa shape index (κ3) is 7.50. The van der Waals surface area contributed by atoms with Crippen molar-refractivity contribution in [3.63, 3.8) is 0 Å². The first-order valence-electron chi connectivity index (χ1n) is 8.31. The lowest BCUT2D eigenvalue weighted by atomic mass is 10.1. The highest BCUT2D eigenvalue weighted by Gasteiger charge is 2.17. The van der Waals surface area contributed by atoms with E-state index in [1.807, 2.05) is 0 Å². The molecule has 28 heavy (non-hydrogen) atoms. The first-order valence-corrected chi connectivity index (χ1v) is 9.95. The monoisotopic (exact) mass is 430 g/mol. The molecule has 0 atom stereocenters. The van der Waals surface area contributed by atoms with E-state index in [0.29, 0.717) is 29.9 Å². The summed E-state index contributed by atoms with van der Waals surface area (Å²) in [6.45, 7) is 0.561. The van der Waals surface area contributed by atoms with Crippen molar-refractivity contribution in [3.05, 3.63) is 41.2 Å². The Morgan fingerprint density at radius 2 is 2.11 bits per heavy atom. The molecular formula is C17H20F2N4O3S2. The van der Waals surface area contributed by atoms with Gasteiger partial charge in [-0.25, -0.2) is 9.37 Å². The maximum absolute atomic E-state index is 13.1. The number of halogens is 2. The van der Waals surface area contributed by atoms with Gasteiger partial charge < -0.3 is 9.57 Å². The van der Waals surface area contributed by atoms with Crippen molar-refractivity contribution >= 4 is 40.0 Å². The van der Waals surface area contributed by atoms with Crippen LogP contribution in [-0.4, -0.2) is 50.1 Å². The lowest BCUT2D eigenvalue weighted by molar-refractivity contribution is -0.110. The minimum atomic E-state index is -0.572. The SMILES string of the molecule is COCCCO/N=C(/C(=O)Nc1ncc(F)s1)c1ccc(SNCCF)cc1. The summed E-state index contributed by atoms with van der Waals surface area (Å²) in [6.07, 6.45) is 1.64. The number of carbonyl (C=O) groups is 1. The number of nitrogens with one attached hydrogen (secondary N) is 2. The van der Waals surface area contributed by atoms with Gasteiger partial charge in [0, 0.05) is 37.1 Å². The van der Waals surface area contributed by atoms with Gasteiger partial charge in [0.05, 0.1) is 6.20 Å². The molecule has 7 nitrogen and oxygen atoms in total. The van der Waals surface area contributed by atoms with Gasteiger partial charge in [0.1, 0.15) is 13.3 Å². The van der Waals surface area contributed by atoms with Crippen LogP contribution in [0.2, 0.25) is 0 Å². The van der Waals surface area contributed by atoms with Crippen molar-refractivity contribution in [2.45, 2.75) is 11.3 Å². The minimum Gasteiger partial charge on any atom is -0.395 e. The quantitative estimate of drug-likeness (QED) is 0.233. The molecule has 2 aromatic rings. The van der Waals surface area contributed by atoms with E-state index in [0.717, 1.165) is 11.1 Å². The Hall–Kier alpha value is -2.08. The molecule has 2 N–H and O–H groups in total. The number of benzene rings is 1. The minimum absolute atomic E-state index is 0.0290. The van der Waals surface area contributed by atoms with Crippen LogP contribution < -0.4 is 10.0 Å². The zero-order valence-corrected chi connectivity index (χ0v) is 16.7. The molecule has 0 aliphatic carbocycles. The van der Waals surface area contributed by atoms with Gasteiger partial charge >= 0.3 is 0 Å². The Bertz CT molecular complexity index is 772. The number of methoxy groups -OCH3 is 1. The number of hydrogen-bond acceptors (Lipinski definition) is 8. The molecule has 152 valence electrons. The zero-order chi connectivity index (χ0) is 20.2. The van der Waals surface area contributed by atoms with Gasteiger partial charge in [-0.15, -0.1) is 0 Å². The van der Waals surface area contributed by atoms with Crippen LogP contribution in [-0.2, 0) is 14.4 Å². The molecule has 1 aromatic carbocycles. The normalized spacial score (nSPS) is 11.5. The third-order valence-corrected chi connectivity index (χ3v) is 4.72. The van der Waals surface area contributed by atoms with E-state index < -0.39 is 17.7 Å². The number of anilines is 1. The highest BCUT2D eigenvalue weighted by molar-refractivity contribution is 7.97. The number of oxime groups is 1. The Kier molecular flexibility index (Phi) is 9.83. The van der Waals surface area contributed by atoms with E-state index in [9.17, 15) is 13.6 Å². The molecule has 11 heteroatoms. The summed E-state index contributed by atoms with van der Waals surface area (Å²) in [5.41, 5.74) is 0.539. The van der Waals surface area contributed by atoms with Crippen LogP contribution >= 0.6 is 23.3 Å². The van der Waals surface area contributed by atoms with Crippen molar-refractivity contribution in [1.82, 2.24) is 9.71 Å². The Balaban J connectivity index is 2.10. The van der Waals surface area contributed by atoms with Gasteiger partial charge in [-0.1, -0.05) is 28.6 Å². The van der Waals surface area contributed by atoms with E-state index in [1.165, 1.54) is 11.9 Å². The molecule has 0 spiro atoms. The van der Waals surface area contributed by atoms with Crippen LogP contribution in [0, 0.1) is 5.13 Å². The topological polar surface area (TPSA) is 84.8 Å². The molecule has 0 bridgehead atoms. The first kappa shape index (κ1) is 22.2. The van der Waals surface area contributed by atoms with Crippen LogP contribution in [0.4, 0.5) is 13.9 Å². The largest absolute Gasteiger partial charge is 0.395 e. The summed E-state index contributed by atoms with van der Waals surface area (Å²) in [5, 5.41) is 6.05. The molecule has 0 aliphatic rings. The van der Waals surface area contributed by atoms with Crippen LogP contribution in [0.15, 0.2) is 40.5 Å². The van der Waals surface area contributed by atoms with E-state index in [2.05, 4.69) is 20.2 Å². The maximum atomic E-state index is 13.1. The number of ether oxygens (including phenoxy) is 1. The number of aromatic nitrogens is 1. The highest BCUT2D eigenvalue weighted by atomic mass is 32.2. The second-order valence-electron chi connectivity index (χ2n) is 5.25. The number of rotatable bonds is 12. The summed E-state index contributed by atoms with van der Waals surface area (Å²) >= 11 is 1.99. The summed E-state index contributed by atoms with van der Waals surface area (Å²) in [5.74, 6) is -0.572. The first-order chi connectivity index (χ1) is 13.6. The summed E-state index contributed by atoms with van der Waals surface area (Å²) < 4.78 is 33.0. The van der Waals surface area contributed by atoms with Crippen LogP contribution in [0.5, 0.6) is 0 Å². The van der Waals surface area contributed by atoms with Crippen molar-refractivity contribution in [3.8, 4) is 0 Å². The average molecular weight is 431 g/mol. The fourth-order valence-electron chi connectivity index (χ4n) is 1.93. The standard InChI is InChI=1S/C17H20F2N4O3S2/c1-25-9-2-10-26-23-15(16(24)22-17-20-11-14(19)27-17)12-3-5-13(6-4-12)28-21-8-7-18/h3-6,11,21H,2,7-10H2,1H3,(H,20,22,24)/b23-15+. The number of thiazole rings is 1. The van der Waals surface area contributed by atoms with E-state index in [4.69, 9.17) is 9.57 Å². The van der Waals surface area contributed by atoms with Crippen molar-refractivity contribution in [2.75, 3.05) is 38.9 Å². The predicted octanol–water partition coefficient (Wildman–Crippen LogP) is 3.24. The molecule has 0 aliphatic heterocycles. The number of hydrogen-bond donors (Lipinski definition) is 2. The second kappa shape index (κ2) is 12.4. The lowest BCUT2D eigenvalue weighted by Gasteiger charge is -2.08. The molecule has 1 aromatic heterocycles. The molecule has 0 unspecified atom stereocenters. The van der Waals surface area contributed by atoms with Crippen LogP contribution in [0.25, 0.3) is 0 Å². The maximum Gasteiger partial charge on any atom is 0.280 e. The van der Waals surface area contributed by atoms with Crippen molar-refractivity contribution in [1.29, 1.82) is 0 Å². The van der Waals surface area contributed by atoms with Crippen LogP contribution in [0.3, 0.4) is 0 Å². The smallest absolute Gasteiger partial charge is 0.280 e. The Morgan fingerprint density at radius 3 is 2.75 bits per heavy atom. The zero-order valence-electron chi connectivity index (χ0n) is 15.1. The molecule has 0 fully saturated rings. The molecule has 0 saturated carbocycles. The van der Waals surface area contributed by atoms with Crippen LogP contribution in [0.1, 0.15) is 12.0 Å². The highest BCUT2D eigenvalue weighted by Crippen LogP contribution is 2.18. The predicted molar refractivity (Wildman–Crippen MR) is 106 cm³/mol. The molecule has 1 amide bonds. The number of carbonyl (C=O) groups excluding carboxylic acids is 1. The van der Waals surface area contributed by atoms with Gasteiger partial charge in [-0.3, -0.25) is 14.8 Å². The van der Waals surface area contributed by atoms with Crippen molar-refractivity contribution in [2.24, 2.45) is 5.16 Å². The molecule has 2 rings (SSSR count). The summed E-state index contributed by atoms with van der Waals surface area (Å²) in [4.78, 5) is 22.4. The second-order valence-corrected chi connectivity index (χ2v) is 7.20. The fourth-order valence-corrected chi connectivity index (χ4v) is 3.08. The van der Waals surface area contributed by atoms with E-state index in [-0.39, 0.29) is 24.0 Å². The summed E-state index contributed by atoms with van der Waals surface area (Å²) in [6, 6.07) is 6.92. The third-order valence-electron chi connectivity index (χ3n) is 3.17. The van der Waals surface area contributed by atoms with Gasteiger partial charge in [0.25, 0.3) is 5.91 Å². The van der Waals surface area contributed by atoms with Gasteiger partial charge in [0.2, 0.25) is 0 Å². The Morgan fingerprint density at radius 1 is 1.32 bits per heavy atom. The molecular weight excluding hydrogens is 410 g/mol. The van der Waals surface area contributed by atoms with E-state index in [1.54, 1.807) is 31.4 Å². The van der Waals surface area contributed by atoms with E-state index >= 15 is 0 Å².